The van der Waals surface area contributed by atoms with Crippen LogP contribution in [0, 0.1) is 5.92 Å². The summed E-state index contributed by atoms with van der Waals surface area (Å²) in [4.78, 5) is 33.5. The van der Waals surface area contributed by atoms with Gasteiger partial charge >= 0.3 is 6.03 Å². The van der Waals surface area contributed by atoms with Crippen LogP contribution in [0.1, 0.15) is 79.6 Å². The van der Waals surface area contributed by atoms with Crippen molar-refractivity contribution in [1.29, 1.82) is 0 Å². The molecule has 2 heterocycles. The van der Waals surface area contributed by atoms with Crippen LogP contribution in [0.2, 0.25) is 0 Å². The van der Waals surface area contributed by atoms with Crippen molar-refractivity contribution < 1.29 is 9.59 Å². The molecule has 0 spiro atoms. The van der Waals surface area contributed by atoms with Crippen LogP contribution in [0.4, 0.5) is 4.79 Å². The molecular formula is C29H49ClN4O2. The molecule has 0 aromatic carbocycles. The molecular weight excluding hydrogens is 472 g/mol. The molecule has 0 bridgehead atoms. The SMILES string of the molecule is C=C/C(=C\C=C\Cl)C(=NC)NC1=C(C=O)CN(C(=O)N2CCCCC2)CC1CCCCC.CC.CC. The second kappa shape index (κ2) is 20.8. The number of rotatable bonds is 9. The Labute approximate surface area is 225 Å². The van der Waals surface area contributed by atoms with Crippen molar-refractivity contribution >= 4 is 29.8 Å². The summed E-state index contributed by atoms with van der Waals surface area (Å²) in [5, 5.41) is 3.41. The number of amidine groups is 1. The Hall–Kier alpha value is -2.34. The van der Waals surface area contributed by atoms with Crippen LogP contribution in [-0.2, 0) is 4.79 Å². The summed E-state index contributed by atoms with van der Waals surface area (Å²) in [5.74, 6) is 0.677. The van der Waals surface area contributed by atoms with Crippen molar-refractivity contribution in [3.8, 4) is 0 Å². The summed E-state index contributed by atoms with van der Waals surface area (Å²) < 4.78 is 0. The molecule has 7 heteroatoms. The number of piperidine rings is 1. The van der Waals surface area contributed by atoms with Gasteiger partial charge in [-0.25, -0.2) is 4.79 Å². The summed E-state index contributed by atoms with van der Waals surface area (Å²) in [6, 6.07) is 0.0481. The zero-order chi connectivity index (χ0) is 27.3. The fourth-order valence-corrected chi connectivity index (χ4v) is 4.41. The minimum atomic E-state index is 0.0481. The van der Waals surface area contributed by atoms with E-state index >= 15 is 0 Å². The van der Waals surface area contributed by atoms with Gasteiger partial charge in [0.15, 0.2) is 0 Å². The molecule has 0 aromatic rings. The number of carbonyl (C=O) groups excluding carboxylic acids is 2. The van der Waals surface area contributed by atoms with E-state index in [9.17, 15) is 9.59 Å². The van der Waals surface area contributed by atoms with E-state index in [0.29, 0.717) is 24.5 Å². The number of hydrogen-bond donors (Lipinski definition) is 1. The first-order chi connectivity index (χ1) is 17.6. The normalized spacial score (nSPS) is 18.7. The van der Waals surface area contributed by atoms with E-state index in [2.05, 4.69) is 23.8 Å². The Morgan fingerprint density at radius 2 is 1.81 bits per heavy atom. The minimum absolute atomic E-state index is 0.0481. The summed E-state index contributed by atoms with van der Waals surface area (Å²) in [7, 11) is 1.70. The van der Waals surface area contributed by atoms with Crippen LogP contribution in [0.25, 0.3) is 0 Å². The van der Waals surface area contributed by atoms with Gasteiger partial charge in [-0.05, 0) is 25.7 Å². The quantitative estimate of drug-likeness (QED) is 0.116. The first kappa shape index (κ1) is 33.7. The number of nitrogens with one attached hydrogen (secondary N) is 1. The Balaban J connectivity index is 0.00000291. The number of hydrogen-bond acceptors (Lipinski definition) is 3. The number of amides is 2. The molecule has 0 aromatic heterocycles. The van der Waals surface area contributed by atoms with E-state index in [1.807, 2.05) is 43.6 Å². The minimum Gasteiger partial charge on any atom is -0.343 e. The Kier molecular flexibility index (Phi) is 19.5. The third kappa shape index (κ3) is 10.7. The van der Waals surface area contributed by atoms with Gasteiger partial charge in [-0.1, -0.05) is 90.3 Å². The molecule has 2 rings (SSSR count). The topological polar surface area (TPSA) is 65.0 Å². The number of unbranched alkanes of at least 4 members (excludes halogenated alkanes) is 2. The molecule has 1 saturated heterocycles. The van der Waals surface area contributed by atoms with Crippen LogP contribution in [-0.4, -0.2) is 61.2 Å². The standard InChI is InChI=1S/C25H37ClN4O2.2C2H6/c1-4-6-8-12-21-17-30(25(32)29-15-9-7-10-16-29)18-22(19-31)23(21)28-24(27-3)20(5-2)13-11-14-26;2*1-2/h5,11,13-14,19,21H,2,4,6-10,12,15-18H2,1,3H3,(H,27,28);2*1-2H3/b14-11+,20-13+;;. The number of halogens is 1. The third-order valence-corrected chi connectivity index (χ3v) is 6.22. The van der Waals surface area contributed by atoms with Crippen molar-refractivity contribution in [2.75, 3.05) is 33.2 Å². The predicted octanol–water partition coefficient (Wildman–Crippen LogP) is 7.09. The summed E-state index contributed by atoms with van der Waals surface area (Å²) in [6.45, 7) is 16.6. The molecule has 6 nitrogen and oxygen atoms in total. The molecule has 1 fully saturated rings. The fraction of sp³-hybridized carbons (Fsp3) is 0.621. The maximum absolute atomic E-state index is 13.2. The molecule has 1 unspecified atom stereocenters. The Morgan fingerprint density at radius 3 is 2.33 bits per heavy atom. The predicted molar refractivity (Wildman–Crippen MR) is 156 cm³/mol. The average Bonchev–Trinajstić information content (AvgIpc) is 2.95. The van der Waals surface area contributed by atoms with Crippen molar-refractivity contribution in [3.05, 3.63) is 47.2 Å². The third-order valence-electron chi connectivity index (χ3n) is 6.07. The highest BCUT2D eigenvalue weighted by molar-refractivity contribution is 6.25. The fourth-order valence-electron chi connectivity index (χ4n) is 4.33. The van der Waals surface area contributed by atoms with Crippen molar-refractivity contribution in [2.45, 2.75) is 79.6 Å². The number of likely N-dealkylation sites (tertiary alicyclic amines) is 1. The molecule has 2 amide bonds. The molecule has 1 N–H and O–H groups in total. The van der Waals surface area contributed by atoms with Gasteiger partial charge in [-0.15, -0.1) is 0 Å². The van der Waals surface area contributed by atoms with E-state index in [-0.39, 0.29) is 11.9 Å². The molecule has 204 valence electrons. The molecule has 36 heavy (non-hydrogen) atoms. The summed E-state index contributed by atoms with van der Waals surface area (Å²) >= 11 is 5.67. The van der Waals surface area contributed by atoms with E-state index < -0.39 is 0 Å². The van der Waals surface area contributed by atoms with Crippen LogP contribution in [0.3, 0.4) is 0 Å². The van der Waals surface area contributed by atoms with Crippen LogP contribution in [0.5, 0.6) is 0 Å². The zero-order valence-electron chi connectivity index (χ0n) is 23.5. The Bertz CT molecular complexity index is 780. The van der Waals surface area contributed by atoms with Gasteiger partial charge in [-0.3, -0.25) is 9.79 Å². The lowest BCUT2D eigenvalue weighted by molar-refractivity contribution is -0.105. The van der Waals surface area contributed by atoms with Crippen molar-refractivity contribution in [1.82, 2.24) is 15.1 Å². The summed E-state index contributed by atoms with van der Waals surface area (Å²) in [6.07, 6.45) is 13.6. The second-order valence-electron chi connectivity index (χ2n) is 8.30. The lowest BCUT2D eigenvalue weighted by Crippen LogP contribution is -2.51. The van der Waals surface area contributed by atoms with Gasteiger partial charge in [-0.2, -0.15) is 0 Å². The largest absolute Gasteiger partial charge is 0.343 e. The van der Waals surface area contributed by atoms with Crippen LogP contribution < -0.4 is 5.32 Å². The maximum atomic E-state index is 13.2. The molecule has 2 aliphatic heterocycles. The molecule has 0 aliphatic carbocycles. The number of carbonyl (C=O) groups is 2. The number of aldehydes is 1. The smallest absolute Gasteiger partial charge is 0.320 e. The van der Waals surface area contributed by atoms with E-state index in [0.717, 1.165) is 69.2 Å². The molecule has 0 radical (unpaired) electrons. The van der Waals surface area contributed by atoms with E-state index in [1.54, 1.807) is 19.2 Å². The van der Waals surface area contributed by atoms with E-state index in [4.69, 9.17) is 11.6 Å². The summed E-state index contributed by atoms with van der Waals surface area (Å²) in [5.41, 5.74) is 3.68. The second-order valence-corrected chi connectivity index (χ2v) is 8.55. The number of urea groups is 1. The average molecular weight is 521 g/mol. The van der Waals surface area contributed by atoms with E-state index in [1.165, 1.54) is 12.0 Å². The molecule has 2 aliphatic rings. The number of allylic oxidation sites excluding steroid dienone is 2. The molecule has 0 saturated carbocycles. The van der Waals surface area contributed by atoms with Gasteiger partial charge in [0, 0.05) is 55.0 Å². The lowest BCUT2D eigenvalue weighted by atomic mass is 9.90. The first-order valence-corrected chi connectivity index (χ1v) is 14.1. The maximum Gasteiger partial charge on any atom is 0.320 e. The van der Waals surface area contributed by atoms with Crippen molar-refractivity contribution in [2.24, 2.45) is 10.9 Å². The van der Waals surface area contributed by atoms with Gasteiger partial charge in [0.25, 0.3) is 0 Å². The van der Waals surface area contributed by atoms with Crippen LogP contribution in [0.15, 0.2) is 52.2 Å². The number of nitrogens with zero attached hydrogens (tertiary/aromatic N) is 3. The molecule has 1 atom stereocenters. The zero-order valence-corrected chi connectivity index (χ0v) is 24.2. The highest BCUT2D eigenvalue weighted by atomic mass is 35.5. The van der Waals surface area contributed by atoms with Gasteiger partial charge in [0.1, 0.15) is 12.1 Å². The van der Waals surface area contributed by atoms with Gasteiger partial charge in [0.05, 0.1) is 6.54 Å². The Morgan fingerprint density at radius 1 is 1.14 bits per heavy atom. The van der Waals surface area contributed by atoms with Crippen LogP contribution >= 0.6 is 11.6 Å². The van der Waals surface area contributed by atoms with Crippen molar-refractivity contribution in [3.63, 3.8) is 0 Å². The van der Waals surface area contributed by atoms with Gasteiger partial charge in [0.2, 0.25) is 0 Å². The first-order valence-electron chi connectivity index (χ1n) is 13.6. The highest BCUT2D eigenvalue weighted by Crippen LogP contribution is 2.28. The highest BCUT2D eigenvalue weighted by Gasteiger charge is 2.33. The number of aliphatic imine (C=N–C) groups is 1. The lowest BCUT2D eigenvalue weighted by Gasteiger charge is -2.39. The van der Waals surface area contributed by atoms with Gasteiger partial charge < -0.3 is 15.1 Å². The monoisotopic (exact) mass is 520 g/mol.